The molecule has 1 saturated carbocycles. The fourth-order valence-corrected chi connectivity index (χ4v) is 2.33. The third-order valence-electron chi connectivity index (χ3n) is 3.43. The van der Waals surface area contributed by atoms with Crippen molar-refractivity contribution < 1.29 is 14.3 Å². The predicted molar refractivity (Wildman–Crippen MR) is 60.0 cm³/mol. The van der Waals surface area contributed by atoms with Crippen molar-refractivity contribution in [3.05, 3.63) is 17.3 Å². The molecule has 1 aliphatic heterocycles. The number of hydrogen-bond acceptors (Lipinski definition) is 4. The predicted octanol–water partition coefficient (Wildman–Crippen LogP) is 2.06. The van der Waals surface area contributed by atoms with Gasteiger partial charge in [-0.05, 0) is 32.2 Å². The molecule has 5 nitrogen and oxygen atoms in total. The van der Waals surface area contributed by atoms with Crippen LogP contribution in [0.4, 0.5) is 0 Å². The molecule has 17 heavy (non-hydrogen) atoms. The molecule has 0 aromatic carbocycles. The SMILES string of the molecule is O=C(O)c1oc(C2CC2)nc1C1CCCCN1. The molecule has 0 spiro atoms. The highest BCUT2D eigenvalue weighted by Crippen LogP contribution is 2.41. The van der Waals surface area contributed by atoms with Gasteiger partial charge >= 0.3 is 5.97 Å². The van der Waals surface area contributed by atoms with Gasteiger partial charge in [0.2, 0.25) is 5.76 Å². The van der Waals surface area contributed by atoms with E-state index in [2.05, 4.69) is 10.3 Å². The van der Waals surface area contributed by atoms with E-state index in [9.17, 15) is 4.79 Å². The van der Waals surface area contributed by atoms with E-state index in [0.29, 0.717) is 17.5 Å². The summed E-state index contributed by atoms with van der Waals surface area (Å²) in [6.07, 6.45) is 5.33. The van der Waals surface area contributed by atoms with Gasteiger partial charge in [-0.15, -0.1) is 0 Å². The second-order valence-corrected chi connectivity index (χ2v) is 4.85. The molecule has 0 amide bonds. The molecule has 1 aliphatic carbocycles. The number of nitrogens with zero attached hydrogens (tertiary/aromatic N) is 1. The minimum atomic E-state index is -1.01. The average molecular weight is 236 g/mol. The largest absolute Gasteiger partial charge is 0.475 e. The van der Waals surface area contributed by atoms with E-state index >= 15 is 0 Å². The van der Waals surface area contributed by atoms with Crippen molar-refractivity contribution in [1.29, 1.82) is 0 Å². The topological polar surface area (TPSA) is 75.4 Å². The van der Waals surface area contributed by atoms with Crippen LogP contribution in [0.3, 0.4) is 0 Å². The van der Waals surface area contributed by atoms with Crippen molar-refractivity contribution in [3.63, 3.8) is 0 Å². The molecule has 2 N–H and O–H groups in total. The molecule has 0 radical (unpaired) electrons. The minimum Gasteiger partial charge on any atom is -0.475 e. The van der Waals surface area contributed by atoms with E-state index in [0.717, 1.165) is 38.6 Å². The number of carbonyl (C=O) groups is 1. The number of hydrogen-bond donors (Lipinski definition) is 2. The van der Waals surface area contributed by atoms with Gasteiger partial charge in [0.15, 0.2) is 5.89 Å². The van der Waals surface area contributed by atoms with E-state index in [1.807, 2.05) is 0 Å². The summed E-state index contributed by atoms with van der Waals surface area (Å²) in [5.41, 5.74) is 0.596. The van der Waals surface area contributed by atoms with Crippen LogP contribution in [0.2, 0.25) is 0 Å². The van der Waals surface area contributed by atoms with Crippen LogP contribution in [0.25, 0.3) is 0 Å². The smallest absolute Gasteiger partial charge is 0.373 e. The summed E-state index contributed by atoms with van der Waals surface area (Å²) in [5.74, 6) is -0.00622. The van der Waals surface area contributed by atoms with Crippen molar-refractivity contribution in [1.82, 2.24) is 10.3 Å². The normalized spacial score (nSPS) is 24.8. The Morgan fingerprint density at radius 1 is 1.35 bits per heavy atom. The Labute approximate surface area is 99.2 Å². The number of nitrogens with one attached hydrogen (secondary N) is 1. The van der Waals surface area contributed by atoms with Crippen LogP contribution in [0.1, 0.15) is 66.2 Å². The molecule has 92 valence electrons. The zero-order valence-corrected chi connectivity index (χ0v) is 9.61. The Bertz CT molecular complexity index is 431. The minimum absolute atomic E-state index is 0.0336. The monoisotopic (exact) mass is 236 g/mol. The first kappa shape index (κ1) is 10.8. The molecule has 2 aliphatic rings. The fraction of sp³-hybridized carbons (Fsp3) is 0.667. The van der Waals surface area contributed by atoms with Gasteiger partial charge in [-0.1, -0.05) is 6.42 Å². The summed E-state index contributed by atoms with van der Waals surface area (Å²) in [5, 5.41) is 12.5. The van der Waals surface area contributed by atoms with Gasteiger partial charge in [-0.2, -0.15) is 0 Å². The molecular formula is C12H16N2O3. The van der Waals surface area contributed by atoms with Crippen LogP contribution in [0.15, 0.2) is 4.42 Å². The van der Waals surface area contributed by atoms with Gasteiger partial charge in [0.05, 0.1) is 6.04 Å². The van der Waals surface area contributed by atoms with Gasteiger partial charge < -0.3 is 14.8 Å². The summed E-state index contributed by atoms with van der Waals surface area (Å²) >= 11 is 0. The zero-order chi connectivity index (χ0) is 11.8. The Balaban J connectivity index is 1.91. The molecule has 1 saturated heterocycles. The number of carboxylic acids is 1. The van der Waals surface area contributed by atoms with E-state index in [1.54, 1.807) is 0 Å². The first-order valence-corrected chi connectivity index (χ1v) is 6.23. The number of rotatable bonds is 3. The van der Waals surface area contributed by atoms with Crippen molar-refractivity contribution in [3.8, 4) is 0 Å². The van der Waals surface area contributed by atoms with Crippen LogP contribution in [0, 0.1) is 0 Å². The maximum atomic E-state index is 11.2. The van der Waals surface area contributed by atoms with Crippen molar-refractivity contribution in [2.24, 2.45) is 0 Å². The summed E-state index contributed by atoms with van der Waals surface area (Å²) in [4.78, 5) is 15.6. The fourth-order valence-electron chi connectivity index (χ4n) is 2.33. The number of carboxylic acid groups (broad SMARTS) is 1. The van der Waals surface area contributed by atoms with E-state index in [-0.39, 0.29) is 11.8 Å². The molecule has 1 unspecified atom stereocenters. The van der Waals surface area contributed by atoms with Gasteiger partial charge in [-0.25, -0.2) is 9.78 Å². The van der Waals surface area contributed by atoms with Gasteiger partial charge in [0, 0.05) is 5.92 Å². The third-order valence-corrected chi connectivity index (χ3v) is 3.43. The van der Waals surface area contributed by atoms with Gasteiger partial charge in [0.1, 0.15) is 5.69 Å². The molecule has 5 heteroatoms. The number of aromatic nitrogens is 1. The van der Waals surface area contributed by atoms with Crippen LogP contribution in [-0.4, -0.2) is 22.6 Å². The highest BCUT2D eigenvalue weighted by molar-refractivity contribution is 5.85. The summed E-state index contributed by atoms with van der Waals surface area (Å²) in [7, 11) is 0. The first-order valence-electron chi connectivity index (χ1n) is 6.23. The zero-order valence-electron chi connectivity index (χ0n) is 9.61. The number of oxazole rings is 1. The van der Waals surface area contributed by atoms with Crippen LogP contribution in [0.5, 0.6) is 0 Å². The molecule has 3 rings (SSSR count). The molecule has 1 aromatic heterocycles. The second kappa shape index (κ2) is 4.14. The summed E-state index contributed by atoms with van der Waals surface area (Å²) in [6.45, 7) is 0.926. The first-order chi connectivity index (χ1) is 8.25. The lowest BCUT2D eigenvalue weighted by Gasteiger charge is -2.21. The summed E-state index contributed by atoms with van der Waals surface area (Å²) < 4.78 is 5.40. The Kier molecular flexibility index (Phi) is 2.63. The standard InChI is InChI=1S/C12H16N2O3/c15-12(16)10-9(8-3-1-2-6-13-8)14-11(17-10)7-4-5-7/h7-8,13H,1-6H2,(H,15,16). The Morgan fingerprint density at radius 3 is 2.76 bits per heavy atom. The van der Waals surface area contributed by atoms with E-state index < -0.39 is 5.97 Å². The highest BCUT2D eigenvalue weighted by Gasteiger charge is 2.34. The van der Waals surface area contributed by atoms with Crippen LogP contribution >= 0.6 is 0 Å². The van der Waals surface area contributed by atoms with E-state index in [4.69, 9.17) is 9.52 Å². The van der Waals surface area contributed by atoms with Crippen molar-refractivity contribution >= 4 is 5.97 Å². The Morgan fingerprint density at radius 2 is 2.18 bits per heavy atom. The average Bonchev–Trinajstić information content (AvgIpc) is 3.09. The molecule has 0 bridgehead atoms. The lowest BCUT2D eigenvalue weighted by Crippen LogP contribution is -2.28. The summed E-state index contributed by atoms with van der Waals surface area (Å²) in [6, 6.07) is 0.0473. The maximum absolute atomic E-state index is 11.2. The van der Waals surface area contributed by atoms with Crippen molar-refractivity contribution in [2.45, 2.75) is 44.1 Å². The Hall–Kier alpha value is -1.36. The molecule has 2 heterocycles. The van der Waals surface area contributed by atoms with Crippen molar-refractivity contribution in [2.75, 3.05) is 6.54 Å². The third kappa shape index (κ3) is 2.07. The van der Waals surface area contributed by atoms with Gasteiger partial charge in [-0.3, -0.25) is 0 Å². The van der Waals surface area contributed by atoms with Crippen LogP contribution < -0.4 is 5.32 Å². The number of piperidine rings is 1. The maximum Gasteiger partial charge on any atom is 0.373 e. The van der Waals surface area contributed by atoms with E-state index in [1.165, 1.54) is 0 Å². The molecule has 2 fully saturated rings. The molecule has 1 aromatic rings. The second-order valence-electron chi connectivity index (χ2n) is 4.85. The quantitative estimate of drug-likeness (QED) is 0.840. The lowest BCUT2D eigenvalue weighted by molar-refractivity contribution is 0.0657. The van der Waals surface area contributed by atoms with Crippen LogP contribution in [-0.2, 0) is 0 Å². The molecule has 1 atom stereocenters. The number of aromatic carboxylic acids is 1. The lowest BCUT2D eigenvalue weighted by atomic mass is 10.0. The van der Waals surface area contributed by atoms with Gasteiger partial charge in [0.25, 0.3) is 0 Å². The highest BCUT2D eigenvalue weighted by atomic mass is 16.4. The molecular weight excluding hydrogens is 220 g/mol.